The molecule has 2 aliphatic carbocycles. The number of rotatable bonds is 5. The summed E-state index contributed by atoms with van der Waals surface area (Å²) in [5.41, 5.74) is -0.0952. The van der Waals surface area contributed by atoms with Crippen LogP contribution in [0.4, 0.5) is 4.39 Å². The highest BCUT2D eigenvalue weighted by Crippen LogP contribution is 2.44. The molecule has 2 saturated carbocycles. The molecule has 0 atom stereocenters. The van der Waals surface area contributed by atoms with Crippen LogP contribution < -0.4 is 0 Å². The summed E-state index contributed by atoms with van der Waals surface area (Å²) in [6, 6.07) is 6.45. The maximum absolute atomic E-state index is 13.4. The summed E-state index contributed by atoms with van der Waals surface area (Å²) >= 11 is 0. The van der Waals surface area contributed by atoms with Gasteiger partial charge >= 0.3 is 5.97 Å². The van der Waals surface area contributed by atoms with E-state index < -0.39 is 5.41 Å². The molecule has 0 heterocycles. The predicted octanol–water partition coefficient (Wildman–Crippen LogP) is 5.85. The lowest BCUT2D eigenvalue weighted by Gasteiger charge is -2.42. The third kappa shape index (κ3) is 3.80. The van der Waals surface area contributed by atoms with Crippen molar-refractivity contribution in [2.45, 2.75) is 81.6 Å². The molecule has 3 rings (SSSR count). The van der Waals surface area contributed by atoms with Crippen LogP contribution in [-0.4, -0.2) is 11.6 Å². The number of carbonyl (C=O) groups is 1. The Morgan fingerprint density at radius 3 is 2.12 bits per heavy atom. The molecular formula is C22H29FO2. The molecule has 2 nitrogen and oxygen atoms in total. The molecular weight excluding hydrogens is 315 g/mol. The van der Waals surface area contributed by atoms with Crippen LogP contribution in [0, 0.1) is 5.82 Å². The Morgan fingerprint density at radius 1 is 1.00 bits per heavy atom. The largest absolute Gasteiger partial charge is 0.458 e. The first-order chi connectivity index (χ1) is 12.1. The zero-order chi connectivity index (χ0) is 17.8. The van der Waals surface area contributed by atoms with Gasteiger partial charge in [-0.05, 0) is 56.2 Å². The molecule has 136 valence electrons. The number of benzene rings is 1. The van der Waals surface area contributed by atoms with Crippen LogP contribution in [0.1, 0.15) is 76.2 Å². The third-order valence-electron chi connectivity index (χ3n) is 6.08. The first-order valence-electron chi connectivity index (χ1n) is 9.71. The van der Waals surface area contributed by atoms with Crippen LogP contribution in [0.15, 0.2) is 36.9 Å². The van der Waals surface area contributed by atoms with E-state index in [9.17, 15) is 9.18 Å². The number of halogens is 1. The molecule has 1 aromatic carbocycles. The number of carbonyl (C=O) groups excluding carboxylic acids is 1. The fourth-order valence-electron chi connectivity index (χ4n) is 4.64. The summed E-state index contributed by atoms with van der Waals surface area (Å²) in [5.74, 6) is -0.374. The van der Waals surface area contributed by atoms with Gasteiger partial charge in [0.25, 0.3) is 0 Å². The Kier molecular flexibility index (Phi) is 5.61. The van der Waals surface area contributed by atoms with Crippen LogP contribution in [-0.2, 0) is 14.9 Å². The van der Waals surface area contributed by atoms with Crippen molar-refractivity contribution < 1.29 is 13.9 Å². The van der Waals surface area contributed by atoms with Crippen molar-refractivity contribution in [2.24, 2.45) is 0 Å². The highest BCUT2D eigenvalue weighted by molar-refractivity contribution is 5.83. The third-order valence-corrected chi connectivity index (χ3v) is 6.08. The lowest BCUT2D eigenvalue weighted by atomic mass is 9.69. The molecule has 0 aromatic heterocycles. The van der Waals surface area contributed by atoms with Gasteiger partial charge in [-0.3, -0.25) is 4.79 Å². The number of esters is 1. The predicted molar refractivity (Wildman–Crippen MR) is 97.9 cm³/mol. The standard InChI is InChI=1S/C22H29FO2/c1-2-13-21(14-5-3-6-15-21)25-20(24)22(16-7-4-8-17-22)18-9-11-19(23)12-10-18/h2,9-12H,1,3-8,13-17H2. The van der Waals surface area contributed by atoms with Crippen LogP contribution in [0.25, 0.3) is 0 Å². The summed E-state index contributed by atoms with van der Waals surface area (Å²) in [7, 11) is 0. The molecule has 2 aliphatic rings. The topological polar surface area (TPSA) is 26.3 Å². The molecule has 3 heteroatoms. The molecule has 0 radical (unpaired) electrons. The molecule has 2 fully saturated rings. The molecule has 0 unspecified atom stereocenters. The van der Waals surface area contributed by atoms with Crippen molar-refractivity contribution in [2.75, 3.05) is 0 Å². The van der Waals surface area contributed by atoms with E-state index >= 15 is 0 Å². The van der Waals surface area contributed by atoms with Gasteiger partial charge in [0.15, 0.2) is 0 Å². The Bertz CT molecular complexity index is 593. The van der Waals surface area contributed by atoms with Gasteiger partial charge in [-0.15, -0.1) is 6.58 Å². The number of hydrogen-bond donors (Lipinski definition) is 0. The van der Waals surface area contributed by atoms with Crippen molar-refractivity contribution in [1.29, 1.82) is 0 Å². The van der Waals surface area contributed by atoms with Gasteiger partial charge in [-0.2, -0.15) is 0 Å². The zero-order valence-electron chi connectivity index (χ0n) is 15.1. The average molecular weight is 344 g/mol. The van der Waals surface area contributed by atoms with Gasteiger partial charge in [-0.25, -0.2) is 4.39 Å². The fraction of sp³-hybridized carbons (Fsp3) is 0.591. The van der Waals surface area contributed by atoms with Crippen LogP contribution in [0.2, 0.25) is 0 Å². The smallest absolute Gasteiger partial charge is 0.317 e. The summed E-state index contributed by atoms with van der Waals surface area (Å²) in [5, 5.41) is 0. The van der Waals surface area contributed by atoms with Gasteiger partial charge in [0.1, 0.15) is 11.4 Å². The average Bonchev–Trinajstić information content (AvgIpc) is 2.63. The molecule has 0 N–H and O–H groups in total. The lowest BCUT2D eigenvalue weighted by molar-refractivity contribution is -0.172. The van der Waals surface area contributed by atoms with Crippen LogP contribution >= 0.6 is 0 Å². The van der Waals surface area contributed by atoms with E-state index in [0.29, 0.717) is 0 Å². The number of ether oxygens (including phenoxy) is 1. The molecule has 0 aliphatic heterocycles. The first-order valence-corrected chi connectivity index (χ1v) is 9.71. The molecule has 1 aromatic rings. The summed E-state index contributed by atoms with van der Waals surface area (Å²) < 4.78 is 19.6. The first kappa shape index (κ1) is 18.2. The summed E-state index contributed by atoms with van der Waals surface area (Å²) in [6.45, 7) is 3.87. The van der Waals surface area contributed by atoms with E-state index in [4.69, 9.17) is 4.74 Å². The van der Waals surface area contributed by atoms with Crippen molar-refractivity contribution >= 4 is 5.97 Å². The zero-order valence-corrected chi connectivity index (χ0v) is 15.1. The van der Waals surface area contributed by atoms with Crippen LogP contribution in [0.5, 0.6) is 0 Å². The molecule has 0 bridgehead atoms. The number of hydrogen-bond acceptors (Lipinski definition) is 2. The maximum Gasteiger partial charge on any atom is 0.317 e. The van der Waals surface area contributed by atoms with Gasteiger partial charge in [0.05, 0.1) is 5.41 Å². The molecule has 0 saturated heterocycles. The van der Waals surface area contributed by atoms with E-state index in [1.807, 2.05) is 6.08 Å². The van der Waals surface area contributed by atoms with Crippen molar-refractivity contribution in [3.8, 4) is 0 Å². The minimum absolute atomic E-state index is 0.109. The van der Waals surface area contributed by atoms with E-state index in [1.165, 1.54) is 18.6 Å². The lowest BCUT2D eigenvalue weighted by Crippen LogP contribution is -2.46. The fourth-order valence-corrected chi connectivity index (χ4v) is 4.64. The minimum atomic E-state index is -0.614. The Balaban J connectivity index is 1.88. The quantitative estimate of drug-likeness (QED) is 0.495. The summed E-state index contributed by atoms with van der Waals surface area (Å²) in [4.78, 5) is 13.4. The highest BCUT2D eigenvalue weighted by atomic mass is 19.1. The van der Waals surface area contributed by atoms with E-state index in [1.54, 1.807) is 12.1 Å². The van der Waals surface area contributed by atoms with Crippen molar-refractivity contribution in [1.82, 2.24) is 0 Å². The Labute approximate surface area is 150 Å². The van der Waals surface area contributed by atoms with Gasteiger partial charge < -0.3 is 4.74 Å². The van der Waals surface area contributed by atoms with Gasteiger partial charge in [0, 0.05) is 6.42 Å². The van der Waals surface area contributed by atoms with Gasteiger partial charge in [-0.1, -0.05) is 43.9 Å². The monoisotopic (exact) mass is 344 g/mol. The highest BCUT2D eigenvalue weighted by Gasteiger charge is 2.46. The Hall–Kier alpha value is -1.64. The maximum atomic E-state index is 13.4. The molecule has 25 heavy (non-hydrogen) atoms. The second kappa shape index (κ2) is 7.72. The van der Waals surface area contributed by atoms with Crippen molar-refractivity contribution in [3.05, 3.63) is 48.3 Å². The SMILES string of the molecule is C=CCC1(OC(=O)C2(c3ccc(F)cc3)CCCCC2)CCCCC1. The molecule has 0 amide bonds. The van der Waals surface area contributed by atoms with E-state index in [-0.39, 0.29) is 17.4 Å². The van der Waals surface area contributed by atoms with E-state index in [0.717, 1.165) is 69.8 Å². The van der Waals surface area contributed by atoms with Gasteiger partial charge in [0.2, 0.25) is 0 Å². The minimum Gasteiger partial charge on any atom is -0.458 e. The molecule has 0 spiro atoms. The van der Waals surface area contributed by atoms with Crippen LogP contribution in [0.3, 0.4) is 0 Å². The summed E-state index contributed by atoms with van der Waals surface area (Å²) in [6.07, 6.45) is 12.6. The van der Waals surface area contributed by atoms with Crippen molar-refractivity contribution in [3.63, 3.8) is 0 Å². The van der Waals surface area contributed by atoms with E-state index in [2.05, 4.69) is 6.58 Å². The Morgan fingerprint density at radius 2 is 1.56 bits per heavy atom. The second-order valence-electron chi connectivity index (χ2n) is 7.78. The normalized spacial score (nSPS) is 22.1. The second-order valence-corrected chi connectivity index (χ2v) is 7.78.